The molecule has 0 radical (unpaired) electrons. The van der Waals surface area contributed by atoms with Gasteiger partial charge in [0, 0.05) is 3.57 Å². The first kappa shape index (κ1) is 10.9. The Hall–Kier alpha value is -0.200. The van der Waals surface area contributed by atoms with Crippen LogP contribution in [0, 0.1) is 9.39 Å². The summed E-state index contributed by atoms with van der Waals surface area (Å²) in [5, 5.41) is 9.24. The molecule has 0 aliphatic rings. The zero-order valence-electron chi connectivity index (χ0n) is 7.17. The highest BCUT2D eigenvalue weighted by molar-refractivity contribution is 14.1. The molecule has 1 aromatic carbocycles. The number of aliphatic hydroxyl groups excluding tert-OH is 1. The Balaban J connectivity index is 3.05. The van der Waals surface area contributed by atoms with Crippen molar-refractivity contribution in [1.82, 2.24) is 0 Å². The lowest BCUT2D eigenvalue weighted by Gasteiger charge is -2.16. The van der Waals surface area contributed by atoms with E-state index in [4.69, 9.17) is 5.73 Å². The number of aliphatic hydroxyl groups is 1. The lowest BCUT2D eigenvalue weighted by atomic mass is 10.0. The van der Waals surface area contributed by atoms with Crippen LogP contribution in [0.25, 0.3) is 0 Å². The van der Waals surface area contributed by atoms with Crippen LogP contribution in [0.1, 0.15) is 18.5 Å². The number of rotatable bonds is 2. The zero-order chi connectivity index (χ0) is 10.0. The van der Waals surface area contributed by atoms with Crippen LogP contribution in [0.15, 0.2) is 18.2 Å². The Labute approximate surface area is 90.1 Å². The van der Waals surface area contributed by atoms with Crippen molar-refractivity contribution in [1.29, 1.82) is 0 Å². The zero-order valence-corrected chi connectivity index (χ0v) is 9.32. The highest BCUT2D eigenvalue weighted by Gasteiger charge is 2.15. The van der Waals surface area contributed by atoms with Crippen molar-refractivity contribution in [3.05, 3.63) is 33.1 Å². The minimum Gasteiger partial charge on any atom is -0.391 e. The average molecular weight is 295 g/mol. The molecule has 13 heavy (non-hydrogen) atoms. The third kappa shape index (κ3) is 2.62. The molecule has 2 unspecified atom stereocenters. The Morgan fingerprint density at radius 3 is 2.69 bits per heavy atom. The molecular weight excluding hydrogens is 284 g/mol. The van der Waals surface area contributed by atoms with E-state index < -0.39 is 12.1 Å². The molecule has 0 aromatic heterocycles. The van der Waals surface area contributed by atoms with E-state index in [2.05, 4.69) is 22.6 Å². The second-order valence-corrected chi connectivity index (χ2v) is 4.09. The molecule has 3 N–H and O–H groups in total. The van der Waals surface area contributed by atoms with E-state index in [-0.39, 0.29) is 5.82 Å². The second kappa shape index (κ2) is 4.34. The average Bonchev–Trinajstić information content (AvgIpc) is 2.08. The van der Waals surface area contributed by atoms with Gasteiger partial charge in [0.1, 0.15) is 5.82 Å². The van der Waals surface area contributed by atoms with Crippen molar-refractivity contribution in [2.75, 3.05) is 0 Å². The molecule has 2 nitrogen and oxygen atoms in total. The van der Waals surface area contributed by atoms with Crippen LogP contribution >= 0.6 is 22.6 Å². The Kier molecular flexibility index (Phi) is 3.63. The summed E-state index contributed by atoms with van der Waals surface area (Å²) in [5.41, 5.74) is 6.33. The van der Waals surface area contributed by atoms with E-state index in [0.717, 1.165) is 3.57 Å². The van der Waals surface area contributed by atoms with Gasteiger partial charge in [-0.05, 0) is 53.3 Å². The maximum Gasteiger partial charge on any atom is 0.123 e. The molecule has 4 heteroatoms. The second-order valence-electron chi connectivity index (χ2n) is 2.93. The maximum atomic E-state index is 12.8. The van der Waals surface area contributed by atoms with Crippen molar-refractivity contribution in [2.24, 2.45) is 5.73 Å². The van der Waals surface area contributed by atoms with Crippen LogP contribution in [0.2, 0.25) is 0 Å². The quantitative estimate of drug-likeness (QED) is 0.817. The number of benzene rings is 1. The smallest absolute Gasteiger partial charge is 0.123 e. The van der Waals surface area contributed by atoms with Crippen LogP contribution in [0.3, 0.4) is 0 Å². The monoisotopic (exact) mass is 295 g/mol. The molecule has 0 saturated carbocycles. The number of nitrogens with two attached hydrogens (primary N) is 1. The van der Waals surface area contributed by atoms with Crippen LogP contribution in [0.5, 0.6) is 0 Å². The van der Waals surface area contributed by atoms with Crippen molar-refractivity contribution < 1.29 is 9.50 Å². The molecule has 0 heterocycles. The molecule has 72 valence electrons. The summed E-state index contributed by atoms with van der Waals surface area (Å²) in [5.74, 6) is -0.327. The molecule has 0 bridgehead atoms. The summed E-state index contributed by atoms with van der Waals surface area (Å²) < 4.78 is 13.7. The van der Waals surface area contributed by atoms with Crippen molar-refractivity contribution >= 4 is 22.6 Å². The molecule has 0 saturated heterocycles. The Morgan fingerprint density at radius 2 is 2.15 bits per heavy atom. The number of hydrogen-bond donors (Lipinski definition) is 2. The summed E-state index contributed by atoms with van der Waals surface area (Å²) in [6, 6.07) is 3.86. The maximum absolute atomic E-state index is 12.8. The van der Waals surface area contributed by atoms with Crippen molar-refractivity contribution in [3.8, 4) is 0 Å². The normalized spacial score (nSPS) is 15.5. The van der Waals surface area contributed by atoms with Gasteiger partial charge in [-0.15, -0.1) is 0 Å². The van der Waals surface area contributed by atoms with Crippen LogP contribution in [0.4, 0.5) is 4.39 Å². The largest absolute Gasteiger partial charge is 0.391 e. The SMILES string of the molecule is CC(O)C(N)c1cc(F)ccc1I. The van der Waals surface area contributed by atoms with Gasteiger partial charge in [0.2, 0.25) is 0 Å². The molecule has 2 atom stereocenters. The predicted molar refractivity (Wildman–Crippen MR) is 57.7 cm³/mol. The summed E-state index contributed by atoms with van der Waals surface area (Å²) in [7, 11) is 0. The minimum absolute atomic E-state index is 0.327. The van der Waals surface area contributed by atoms with E-state index in [9.17, 15) is 9.50 Å². The highest BCUT2D eigenvalue weighted by Crippen LogP contribution is 2.21. The van der Waals surface area contributed by atoms with E-state index in [1.54, 1.807) is 13.0 Å². The molecule has 0 aliphatic heterocycles. The van der Waals surface area contributed by atoms with Crippen LogP contribution in [-0.2, 0) is 0 Å². The van der Waals surface area contributed by atoms with Crippen LogP contribution in [-0.4, -0.2) is 11.2 Å². The molecule has 0 aliphatic carbocycles. The van der Waals surface area contributed by atoms with E-state index >= 15 is 0 Å². The van der Waals surface area contributed by atoms with E-state index in [1.165, 1.54) is 12.1 Å². The van der Waals surface area contributed by atoms with Crippen molar-refractivity contribution in [2.45, 2.75) is 19.1 Å². The lowest BCUT2D eigenvalue weighted by molar-refractivity contribution is 0.164. The first-order chi connectivity index (χ1) is 6.02. The molecule has 1 rings (SSSR count). The van der Waals surface area contributed by atoms with Gasteiger partial charge < -0.3 is 10.8 Å². The first-order valence-electron chi connectivity index (χ1n) is 3.91. The topological polar surface area (TPSA) is 46.2 Å². The van der Waals surface area contributed by atoms with Gasteiger partial charge in [0.15, 0.2) is 0 Å². The van der Waals surface area contributed by atoms with E-state index in [0.29, 0.717) is 5.56 Å². The summed E-state index contributed by atoms with van der Waals surface area (Å²) in [6.45, 7) is 1.59. The summed E-state index contributed by atoms with van der Waals surface area (Å²) >= 11 is 2.07. The van der Waals surface area contributed by atoms with Gasteiger partial charge in [-0.2, -0.15) is 0 Å². The van der Waals surface area contributed by atoms with Crippen molar-refractivity contribution in [3.63, 3.8) is 0 Å². The number of halogens is 2. The first-order valence-corrected chi connectivity index (χ1v) is 4.99. The standard InChI is InChI=1S/C9H11FINO/c1-5(13)9(12)7-4-6(10)2-3-8(7)11/h2-5,9,13H,12H2,1H3. The third-order valence-electron chi connectivity index (χ3n) is 1.84. The molecule has 1 aromatic rings. The third-order valence-corrected chi connectivity index (χ3v) is 2.82. The van der Waals surface area contributed by atoms with Gasteiger partial charge in [-0.3, -0.25) is 0 Å². The van der Waals surface area contributed by atoms with Gasteiger partial charge in [-0.25, -0.2) is 4.39 Å². The minimum atomic E-state index is -0.671. The Morgan fingerprint density at radius 1 is 1.54 bits per heavy atom. The number of hydrogen-bond acceptors (Lipinski definition) is 2. The predicted octanol–water partition coefficient (Wildman–Crippen LogP) is 1.81. The molecular formula is C9H11FINO. The fourth-order valence-corrected chi connectivity index (χ4v) is 1.72. The molecule has 0 fully saturated rings. The summed E-state index contributed by atoms with van der Waals surface area (Å²) in [4.78, 5) is 0. The van der Waals surface area contributed by atoms with Crippen LogP contribution < -0.4 is 5.73 Å². The van der Waals surface area contributed by atoms with Gasteiger partial charge in [0.05, 0.1) is 12.1 Å². The summed E-state index contributed by atoms with van der Waals surface area (Å²) in [6.07, 6.45) is -0.671. The Bertz CT molecular complexity index is 304. The van der Waals surface area contributed by atoms with Gasteiger partial charge in [0.25, 0.3) is 0 Å². The van der Waals surface area contributed by atoms with E-state index in [1.807, 2.05) is 0 Å². The van der Waals surface area contributed by atoms with Gasteiger partial charge in [-0.1, -0.05) is 0 Å². The van der Waals surface area contributed by atoms with Gasteiger partial charge >= 0.3 is 0 Å². The molecule has 0 amide bonds. The lowest BCUT2D eigenvalue weighted by Crippen LogP contribution is -2.24. The fourth-order valence-electron chi connectivity index (χ4n) is 1.03. The fraction of sp³-hybridized carbons (Fsp3) is 0.333. The molecule has 0 spiro atoms. The highest BCUT2D eigenvalue weighted by atomic mass is 127.